The SMILES string of the molecule is CC(=O)NC[C@H]1CN(c2ccc(N3CCNN(C(=O)Nc4ccon4)CC3)c(F)c2)C(=O)O1. The van der Waals surface area contributed by atoms with Gasteiger partial charge in [0.1, 0.15) is 18.2 Å². The largest absolute Gasteiger partial charge is 0.442 e. The number of hydrogen-bond donors (Lipinski definition) is 3. The van der Waals surface area contributed by atoms with E-state index in [1.54, 1.807) is 12.1 Å². The molecule has 4 rings (SSSR count). The van der Waals surface area contributed by atoms with E-state index < -0.39 is 24.0 Å². The minimum Gasteiger partial charge on any atom is -0.442 e. The van der Waals surface area contributed by atoms with Gasteiger partial charge in [0, 0.05) is 32.6 Å². The molecule has 4 amide bonds. The smallest absolute Gasteiger partial charge is 0.414 e. The molecular weight excluding hydrogens is 437 g/mol. The summed E-state index contributed by atoms with van der Waals surface area (Å²) in [6, 6.07) is 5.66. The lowest BCUT2D eigenvalue weighted by Crippen LogP contribution is -2.46. The molecular formula is C20H24FN7O5. The van der Waals surface area contributed by atoms with Crippen molar-refractivity contribution in [3.8, 4) is 0 Å². The molecule has 13 heteroatoms. The van der Waals surface area contributed by atoms with Crippen LogP contribution in [0.25, 0.3) is 0 Å². The van der Waals surface area contributed by atoms with Gasteiger partial charge in [-0.3, -0.25) is 20.0 Å². The van der Waals surface area contributed by atoms with Crippen LogP contribution in [-0.2, 0) is 9.53 Å². The topological polar surface area (TPSA) is 132 Å². The Morgan fingerprint density at radius 2 is 2.12 bits per heavy atom. The van der Waals surface area contributed by atoms with Crippen LogP contribution in [-0.4, -0.2) is 73.6 Å². The van der Waals surface area contributed by atoms with Gasteiger partial charge in [0.05, 0.1) is 31.0 Å². The minimum atomic E-state index is -0.592. The first kappa shape index (κ1) is 22.3. The van der Waals surface area contributed by atoms with Crippen molar-refractivity contribution in [2.45, 2.75) is 13.0 Å². The Kier molecular flexibility index (Phi) is 6.58. The lowest BCUT2D eigenvalue weighted by atomic mass is 10.2. The quantitative estimate of drug-likeness (QED) is 0.604. The summed E-state index contributed by atoms with van der Waals surface area (Å²) in [7, 11) is 0. The molecule has 3 heterocycles. The normalized spacial score (nSPS) is 18.7. The first-order valence-corrected chi connectivity index (χ1v) is 10.4. The van der Waals surface area contributed by atoms with Gasteiger partial charge >= 0.3 is 12.1 Å². The highest BCUT2D eigenvalue weighted by Crippen LogP contribution is 2.28. The Labute approximate surface area is 188 Å². The van der Waals surface area contributed by atoms with Crippen LogP contribution < -0.4 is 25.9 Å². The summed E-state index contributed by atoms with van der Waals surface area (Å²) in [5.41, 5.74) is 3.73. The van der Waals surface area contributed by atoms with Crippen molar-refractivity contribution in [3.05, 3.63) is 36.3 Å². The van der Waals surface area contributed by atoms with Gasteiger partial charge in [0.2, 0.25) is 5.91 Å². The van der Waals surface area contributed by atoms with Crippen LogP contribution in [0.4, 0.5) is 31.2 Å². The Hall–Kier alpha value is -3.87. The van der Waals surface area contributed by atoms with Gasteiger partial charge in [0.25, 0.3) is 0 Å². The molecule has 2 aromatic rings. The first-order valence-electron chi connectivity index (χ1n) is 10.4. The lowest BCUT2D eigenvalue weighted by molar-refractivity contribution is -0.119. The highest BCUT2D eigenvalue weighted by molar-refractivity contribution is 5.90. The number of nitrogens with one attached hydrogen (secondary N) is 3. The van der Waals surface area contributed by atoms with Crippen LogP contribution in [0, 0.1) is 5.82 Å². The fourth-order valence-electron chi connectivity index (χ4n) is 3.62. The van der Waals surface area contributed by atoms with Crippen molar-refractivity contribution in [3.63, 3.8) is 0 Å². The Morgan fingerprint density at radius 3 is 2.85 bits per heavy atom. The molecule has 1 aromatic carbocycles. The second kappa shape index (κ2) is 9.73. The molecule has 12 nitrogen and oxygen atoms in total. The summed E-state index contributed by atoms with van der Waals surface area (Å²) in [4.78, 5) is 38.8. The van der Waals surface area contributed by atoms with Gasteiger partial charge in [0.15, 0.2) is 5.82 Å². The lowest BCUT2D eigenvalue weighted by Gasteiger charge is -2.24. The maximum Gasteiger partial charge on any atom is 0.414 e. The van der Waals surface area contributed by atoms with Gasteiger partial charge in [-0.15, -0.1) is 0 Å². The van der Waals surface area contributed by atoms with Crippen LogP contribution in [0.1, 0.15) is 6.92 Å². The van der Waals surface area contributed by atoms with Gasteiger partial charge < -0.3 is 19.5 Å². The molecule has 2 fully saturated rings. The van der Waals surface area contributed by atoms with Crippen LogP contribution in [0.15, 0.2) is 35.1 Å². The number of rotatable bonds is 5. The molecule has 2 aliphatic rings. The fraction of sp³-hybridized carbons (Fsp3) is 0.400. The molecule has 0 spiro atoms. The van der Waals surface area contributed by atoms with E-state index in [4.69, 9.17) is 9.26 Å². The molecule has 0 unspecified atom stereocenters. The highest BCUT2D eigenvalue weighted by atomic mass is 19.1. The van der Waals surface area contributed by atoms with E-state index in [1.165, 1.54) is 35.2 Å². The third-order valence-corrected chi connectivity index (χ3v) is 5.23. The van der Waals surface area contributed by atoms with Gasteiger partial charge in [-0.25, -0.2) is 19.4 Å². The number of aromatic nitrogens is 1. The van der Waals surface area contributed by atoms with Gasteiger partial charge in [-0.2, -0.15) is 0 Å². The molecule has 3 N–H and O–H groups in total. The molecule has 0 bridgehead atoms. The van der Waals surface area contributed by atoms with Crippen molar-refractivity contribution in [2.75, 3.05) is 54.4 Å². The van der Waals surface area contributed by atoms with Crippen molar-refractivity contribution >= 4 is 35.2 Å². The number of halogens is 1. The first-order chi connectivity index (χ1) is 15.9. The standard InChI is InChI=1S/C20H24FN7O5/c1-13(29)22-11-15-12-27(20(31)33-15)14-2-3-17(16(21)10-14)26-6-5-23-28(8-7-26)19(30)24-18-4-9-32-25-18/h2-4,9-10,15,23H,5-8,11-12H2,1H3,(H,22,29)(H,24,25,30)/t15-/m0/s1. The molecule has 1 aromatic heterocycles. The highest BCUT2D eigenvalue weighted by Gasteiger charge is 2.33. The zero-order valence-electron chi connectivity index (χ0n) is 17.9. The molecule has 0 radical (unpaired) electrons. The number of carbonyl (C=O) groups is 3. The number of urea groups is 1. The maximum atomic E-state index is 15.0. The predicted octanol–water partition coefficient (Wildman–Crippen LogP) is 1.13. The molecule has 2 aliphatic heterocycles. The number of nitrogens with zero attached hydrogens (tertiary/aromatic N) is 4. The summed E-state index contributed by atoms with van der Waals surface area (Å²) in [6.07, 6.45) is 0.255. The number of amides is 4. The van der Waals surface area contributed by atoms with Crippen molar-refractivity contribution in [1.29, 1.82) is 0 Å². The Balaban J connectivity index is 1.37. The number of carbonyl (C=O) groups excluding carboxylic acids is 3. The molecule has 0 saturated carbocycles. The van der Waals surface area contributed by atoms with E-state index >= 15 is 0 Å². The monoisotopic (exact) mass is 461 g/mol. The van der Waals surface area contributed by atoms with E-state index in [1.807, 2.05) is 4.90 Å². The van der Waals surface area contributed by atoms with Crippen molar-refractivity contribution in [1.82, 2.24) is 20.9 Å². The average Bonchev–Trinajstić information content (AvgIpc) is 3.35. The average molecular weight is 461 g/mol. The molecule has 2 saturated heterocycles. The Bertz CT molecular complexity index is 1020. The second-order valence-electron chi connectivity index (χ2n) is 7.55. The van der Waals surface area contributed by atoms with E-state index in [-0.39, 0.29) is 19.0 Å². The number of benzene rings is 1. The number of hydrogen-bond acceptors (Lipinski definition) is 8. The van der Waals surface area contributed by atoms with E-state index in [2.05, 4.69) is 21.2 Å². The predicted molar refractivity (Wildman–Crippen MR) is 115 cm³/mol. The molecule has 33 heavy (non-hydrogen) atoms. The van der Waals surface area contributed by atoms with Crippen LogP contribution in [0.5, 0.6) is 0 Å². The van der Waals surface area contributed by atoms with Crippen LogP contribution in [0.3, 0.4) is 0 Å². The zero-order valence-corrected chi connectivity index (χ0v) is 17.9. The minimum absolute atomic E-state index is 0.194. The summed E-state index contributed by atoms with van der Waals surface area (Å²) < 4.78 is 24.9. The Morgan fingerprint density at radius 1 is 1.27 bits per heavy atom. The summed E-state index contributed by atoms with van der Waals surface area (Å²) in [5, 5.41) is 10.2. The maximum absolute atomic E-state index is 15.0. The van der Waals surface area contributed by atoms with Gasteiger partial charge in [-0.1, -0.05) is 5.16 Å². The van der Waals surface area contributed by atoms with E-state index in [9.17, 15) is 18.8 Å². The zero-order chi connectivity index (χ0) is 23.4. The molecule has 176 valence electrons. The number of ether oxygens (including phenoxy) is 1. The fourth-order valence-corrected chi connectivity index (χ4v) is 3.62. The second-order valence-corrected chi connectivity index (χ2v) is 7.55. The van der Waals surface area contributed by atoms with E-state index in [0.717, 1.165) is 0 Å². The number of cyclic esters (lactones) is 1. The summed E-state index contributed by atoms with van der Waals surface area (Å²) >= 11 is 0. The molecule has 0 aliphatic carbocycles. The van der Waals surface area contributed by atoms with E-state index in [0.29, 0.717) is 43.4 Å². The van der Waals surface area contributed by atoms with Crippen LogP contribution >= 0.6 is 0 Å². The number of hydrazine groups is 1. The number of anilines is 3. The van der Waals surface area contributed by atoms with Gasteiger partial charge in [-0.05, 0) is 18.2 Å². The molecule has 1 atom stereocenters. The van der Waals surface area contributed by atoms with Crippen molar-refractivity contribution in [2.24, 2.45) is 0 Å². The van der Waals surface area contributed by atoms with Crippen LogP contribution in [0.2, 0.25) is 0 Å². The van der Waals surface area contributed by atoms with Crippen molar-refractivity contribution < 1.29 is 28.0 Å². The third-order valence-electron chi connectivity index (χ3n) is 5.23. The summed E-state index contributed by atoms with van der Waals surface area (Å²) in [5.74, 6) is -0.420. The third kappa shape index (κ3) is 5.31. The summed E-state index contributed by atoms with van der Waals surface area (Å²) in [6.45, 7) is 3.35.